The monoisotopic (exact) mass is 474 g/mol. The highest BCUT2D eigenvalue weighted by Gasteiger charge is 2.16. The zero-order chi connectivity index (χ0) is 22.8. The lowest BCUT2D eigenvalue weighted by Crippen LogP contribution is -2.24. The number of hydrogen-bond donors (Lipinski definition) is 0. The van der Waals surface area contributed by atoms with E-state index in [2.05, 4.69) is 9.97 Å². The minimum absolute atomic E-state index is 0.0801. The summed E-state index contributed by atoms with van der Waals surface area (Å²) < 4.78 is 7.58. The van der Waals surface area contributed by atoms with Crippen LogP contribution < -0.4 is 5.56 Å². The molecule has 0 N–H and O–H groups in total. The number of aryl methyl sites for hydroxylation is 1. The molecule has 0 aliphatic heterocycles. The van der Waals surface area contributed by atoms with Gasteiger partial charge in [0.15, 0.2) is 5.16 Å². The number of aromatic nitrogens is 4. The summed E-state index contributed by atoms with van der Waals surface area (Å²) in [7, 11) is 0. The Bertz CT molecular complexity index is 1500. The smallest absolute Gasteiger partial charge is 0.262 e. The van der Waals surface area contributed by atoms with Crippen LogP contribution in [-0.2, 0) is 12.3 Å². The van der Waals surface area contributed by atoms with Crippen molar-refractivity contribution in [2.45, 2.75) is 24.4 Å². The molecule has 2 aromatic carbocycles. The van der Waals surface area contributed by atoms with Crippen molar-refractivity contribution in [3.8, 4) is 11.5 Å². The second-order valence-corrected chi connectivity index (χ2v) is 8.86. The van der Waals surface area contributed by atoms with E-state index in [4.69, 9.17) is 21.0 Å². The third kappa shape index (κ3) is 4.55. The van der Waals surface area contributed by atoms with Crippen LogP contribution in [0.15, 0.2) is 87.4 Å². The van der Waals surface area contributed by atoms with Gasteiger partial charge in [-0.25, -0.2) is 9.97 Å². The van der Waals surface area contributed by atoms with Gasteiger partial charge in [-0.05, 0) is 48.9 Å². The predicted octanol–water partition coefficient (Wildman–Crippen LogP) is 5.75. The number of oxazole rings is 1. The Morgan fingerprint density at radius 1 is 1.06 bits per heavy atom. The highest BCUT2D eigenvalue weighted by atomic mass is 35.5. The molecule has 0 aliphatic carbocycles. The van der Waals surface area contributed by atoms with Crippen LogP contribution in [0.4, 0.5) is 0 Å². The van der Waals surface area contributed by atoms with E-state index >= 15 is 0 Å². The average Bonchev–Trinajstić information content (AvgIpc) is 3.21. The summed E-state index contributed by atoms with van der Waals surface area (Å²) in [6.45, 7) is 2.27. The highest BCUT2D eigenvalue weighted by molar-refractivity contribution is 7.98. The van der Waals surface area contributed by atoms with Gasteiger partial charge in [0.05, 0.1) is 23.1 Å². The van der Waals surface area contributed by atoms with Crippen LogP contribution in [0.25, 0.3) is 22.4 Å². The second-order valence-electron chi connectivity index (χ2n) is 7.49. The van der Waals surface area contributed by atoms with Crippen LogP contribution in [-0.4, -0.2) is 19.5 Å². The van der Waals surface area contributed by atoms with Gasteiger partial charge in [-0.2, -0.15) is 0 Å². The summed E-state index contributed by atoms with van der Waals surface area (Å²) in [6.07, 6.45) is 3.47. The molecule has 3 aromatic heterocycles. The third-order valence-corrected chi connectivity index (χ3v) is 6.42. The molecular weight excluding hydrogens is 456 g/mol. The molecule has 33 heavy (non-hydrogen) atoms. The van der Waals surface area contributed by atoms with Crippen LogP contribution in [0.1, 0.15) is 17.0 Å². The fourth-order valence-corrected chi connectivity index (χ4v) is 4.70. The molecule has 8 heteroatoms. The first-order chi connectivity index (χ1) is 16.1. The molecule has 6 nitrogen and oxygen atoms in total. The Balaban J connectivity index is 1.49. The number of rotatable bonds is 6. The fraction of sp³-hybridized carbons (Fsp3) is 0.120. The van der Waals surface area contributed by atoms with E-state index in [1.54, 1.807) is 23.0 Å². The zero-order valence-electron chi connectivity index (χ0n) is 17.7. The molecule has 0 saturated carbocycles. The van der Waals surface area contributed by atoms with Gasteiger partial charge in [0.1, 0.15) is 5.76 Å². The maximum Gasteiger partial charge on any atom is 0.262 e. The van der Waals surface area contributed by atoms with E-state index in [1.807, 2.05) is 61.5 Å². The first-order valence-corrected chi connectivity index (χ1v) is 11.7. The van der Waals surface area contributed by atoms with E-state index in [1.165, 1.54) is 11.8 Å². The number of hydrogen-bond acceptors (Lipinski definition) is 6. The van der Waals surface area contributed by atoms with Crippen molar-refractivity contribution >= 4 is 34.3 Å². The van der Waals surface area contributed by atoms with Gasteiger partial charge in [-0.1, -0.05) is 47.6 Å². The number of pyridine rings is 1. The minimum Gasteiger partial charge on any atom is -0.441 e. The van der Waals surface area contributed by atoms with Gasteiger partial charge in [-0.3, -0.25) is 14.3 Å². The van der Waals surface area contributed by atoms with Crippen LogP contribution in [0.3, 0.4) is 0 Å². The maximum atomic E-state index is 13.3. The SMILES string of the molecule is Cc1oc(-c2cccc(Cl)c2)nc1CSc1nc2ccccc2c(=O)n1Cc1cccnc1. The molecule has 0 spiro atoms. The van der Waals surface area contributed by atoms with Gasteiger partial charge in [0.2, 0.25) is 5.89 Å². The lowest BCUT2D eigenvalue weighted by Gasteiger charge is -2.12. The zero-order valence-corrected chi connectivity index (χ0v) is 19.3. The molecular formula is C25H19ClN4O2S. The van der Waals surface area contributed by atoms with Crippen LogP contribution in [0.2, 0.25) is 5.02 Å². The topological polar surface area (TPSA) is 73.8 Å². The lowest BCUT2D eigenvalue weighted by molar-refractivity contribution is 0.540. The molecule has 0 atom stereocenters. The molecule has 5 aromatic rings. The lowest BCUT2D eigenvalue weighted by atomic mass is 10.2. The number of nitrogens with zero attached hydrogens (tertiary/aromatic N) is 4. The molecule has 164 valence electrons. The Hall–Kier alpha value is -3.42. The van der Waals surface area contributed by atoms with Crippen molar-refractivity contribution in [2.24, 2.45) is 0 Å². The van der Waals surface area contributed by atoms with Gasteiger partial charge < -0.3 is 4.42 Å². The van der Waals surface area contributed by atoms with Gasteiger partial charge in [0, 0.05) is 28.7 Å². The molecule has 5 rings (SSSR count). The van der Waals surface area contributed by atoms with Gasteiger partial charge >= 0.3 is 0 Å². The van der Waals surface area contributed by atoms with Crippen molar-refractivity contribution in [3.05, 3.63) is 105 Å². The number of para-hydroxylation sites is 1. The Labute approximate surface area is 199 Å². The number of fused-ring (bicyclic) bond motifs is 1. The first kappa shape index (κ1) is 21.4. The summed E-state index contributed by atoms with van der Waals surface area (Å²) in [5.41, 5.74) is 3.14. The summed E-state index contributed by atoms with van der Waals surface area (Å²) in [4.78, 5) is 26.9. The standard InChI is InChI=1S/C25H19ClN4O2S/c1-16-22(28-23(32-16)18-7-4-8-19(26)12-18)15-33-25-29-21-10-3-2-9-20(21)24(31)30(25)14-17-6-5-11-27-13-17/h2-13H,14-15H2,1H3. The third-order valence-electron chi connectivity index (χ3n) is 5.19. The van der Waals surface area contributed by atoms with Crippen LogP contribution in [0, 0.1) is 6.92 Å². The van der Waals surface area contributed by atoms with Gasteiger partial charge in [0.25, 0.3) is 5.56 Å². The molecule has 0 saturated heterocycles. The highest BCUT2D eigenvalue weighted by Crippen LogP contribution is 2.28. The average molecular weight is 475 g/mol. The second kappa shape index (κ2) is 9.21. The largest absolute Gasteiger partial charge is 0.441 e. The van der Waals surface area contributed by atoms with Crippen LogP contribution in [0.5, 0.6) is 0 Å². The predicted molar refractivity (Wildman–Crippen MR) is 131 cm³/mol. The summed E-state index contributed by atoms with van der Waals surface area (Å²) >= 11 is 7.57. The number of halogens is 1. The van der Waals surface area contributed by atoms with Crippen molar-refractivity contribution in [1.29, 1.82) is 0 Å². The van der Waals surface area contributed by atoms with E-state index in [0.717, 1.165) is 22.6 Å². The Morgan fingerprint density at radius 3 is 2.76 bits per heavy atom. The molecule has 0 aliphatic rings. The molecule has 0 fully saturated rings. The van der Waals surface area contributed by atoms with Crippen molar-refractivity contribution in [2.75, 3.05) is 0 Å². The van der Waals surface area contributed by atoms with E-state index in [0.29, 0.717) is 39.3 Å². The molecule has 0 radical (unpaired) electrons. The van der Waals surface area contributed by atoms with Crippen molar-refractivity contribution in [3.63, 3.8) is 0 Å². The van der Waals surface area contributed by atoms with E-state index < -0.39 is 0 Å². The number of benzene rings is 2. The molecule has 3 heterocycles. The minimum atomic E-state index is -0.0801. The van der Waals surface area contributed by atoms with E-state index in [-0.39, 0.29) is 5.56 Å². The molecule has 0 bridgehead atoms. The first-order valence-electron chi connectivity index (χ1n) is 10.3. The normalized spacial score (nSPS) is 11.2. The summed E-state index contributed by atoms with van der Waals surface area (Å²) in [5.74, 6) is 1.75. The quantitative estimate of drug-likeness (QED) is 0.230. The maximum absolute atomic E-state index is 13.3. The Kier molecular flexibility index (Phi) is 5.98. The number of thioether (sulfide) groups is 1. The molecule has 0 unspecified atom stereocenters. The van der Waals surface area contributed by atoms with Crippen LogP contribution >= 0.6 is 23.4 Å². The fourth-order valence-electron chi connectivity index (χ4n) is 3.51. The summed E-state index contributed by atoms with van der Waals surface area (Å²) in [5, 5.41) is 1.83. The van der Waals surface area contributed by atoms with Gasteiger partial charge in [-0.15, -0.1) is 0 Å². The van der Waals surface area contributed by atoms with Crippen molar-refractivity contribution in [1.82, 2.24) is 19.5 Å². The van der Waals surface area contributed by atoms with Crippen molar-refractivity contribution < 1.29 is 4.42 Å². The Morgan fingerprint density at radius 2 is 1.94 bits per heavy atom. The summed E-state index contributed by atoms with van der Waals surface area (Å²) in [6, 6.07) is 18.6. The van der Waals surface area contributed by atoms with E-state index in [9.17, 15) is 4.79 Å². The molecule has 0 amide bonds.